The number of aromatic nitrogens is 1. The molecule has 1 amide bonds. The van der Waals surface area contributed by atoms with Crippen molar-refractivity contribution in [2.24, 2.45) is 0 Å². The van der Waals surface area contributed by atoms with Crippen molar-refractivity contribution in [2.45, 2.75) is 19.9 Å². The fourth-order valence-corrected chi connectivity index (χ4v) is 3.97. The largest absolute Gasteiger partial charge is 0.336 e. The van der Waals surface area contributed by atoms with Crippen LogP contribution in [0.1, 0.15) is 33.2 Å². The van der Waals surface area contributed by atoms with E-state index in [-0.39, 0.29) is 11.7 Å². The number of rotatable bonds is 3. The Morgan fingerprint density at radius 3 is 2.43 bits per heavy atom. The van der Waals surface area contributed by atoms with Crippen molar-refractivity contribution in [3.8, 4) is 6.07 Å². The lowest BCUT2D eigenvalue weighted by atomic mass is 10.0. The molecule has 4 rings (SSSR count). The minimum atomic E-state index is -0.449. The third-order valence-corrected chi connectivity index (χ3v) is 5.67. The number of halogens is 1. The Bertz CT molecular complexity index is 1130. The summed E-state index contributed by atoms with van der Waals surface area (Å²) in [5, 5.41) is 10.6. The number of nitrogens with zero attached hydrogens (tertiary/aromatic N) is 4. The van der Waals surface area contributed by atoms with Crippen LogP contribution in [0.3, 0.4) is 0 Å². The summed E-state index contributed by atoms with van der Waals surface area (Å²) in [5.74, 6) is -0.348. The van der Waals surface area contributed by atoms with Crippen molar-refractivity contribution in [1.82, 2.24) is 14.8 Å². The van der Waals surface area contributed by atoms with Gasteiger partial charge in [-0.1, -0.05) is 23.8 Å². The first-order chi connectivity index (χ1) is 14.5. The molecule has 1 fully saturated rings. The van der Waals surface area contributed by atoms with Gasteiger partial charge in [-0.3, -0.25) is 14.7 Å². The van der Waals surface area contributed by atoms with Crippen molar-refractivity contribution in [1.29, 1.82) is 5.26 Å². The summed E-state index contributed by atoms with van der Waals surface area (Å²) in [5.41, 5.74) is 4.12. The molecule has 0 aliphatic carbocycles. The minimum absolute atomic E-state index is 0.0293. The molecule has 0 spiro atoms. The van der Waals surface area contributed by atoms with Crippen molar-refractivity contribution in [3.63, 3.8) is 0 Å². The molecule has 30 heavy (non-hydrogen) atoms. The van der Waals surface area contributed by atoms with Crippen LogP contribution in [0.5, 0.6) is 0 Å². The Hall–Kier alpha value is -3.30. The van der Waals surface area contributed by atoms with E-state index in [2.05, 4.69) is 11.1 Å². The minimum Gasteiger partial charge on any atom is -0.336 e. The van der Waals surface area contributed by atoms with Crippen LogP contribution in [0.4, 0.5) is 4.39 Å². The monoisotopic (exact) mass is 402 g/mol. The molecular weight excluding hydrogens is 379 g/mol. The van der Waals surface area contributed by atoms with Crippen molar-refractivity contribution >= 4 is 16.8 Å². The summed E-state index contributed by atoms with van der Waals surface area (Å²) >= 11 is 0. The second-order valence-corrected chi connectivity index (χ2v) is 7.73. The number of nitriles is 1. The van der Waals surface area contributed by atoms with Gasteiger partial charge in [-0.15, -0.1) is 0 Å². The van der Waals surface area contributed by atoms with Crippen LogP contribution < -0.4 is 0 Å². The smallest absolute Gasteiger partial charge is 0.255 e. The lowest BCUT2D eigenvalue weighted by molar-refractivity contribution is 0.0605. The summed E-state index contributed by atoms with van der Waals surface area (Å²) in [4.78, 5) is 21.6. The van der Waals surface area contributed by atoms with Gasteiger partial charge in [0.2, 0.25) is 0 Å². The number of piperazine rings is 1. The quantitative estimate of drug-likeness (QED) is 0.664. The summed E-state index contributed by atoms with van der Waals surface area (Å²) in [6.45, 7) is 6.11. The van der Waals surface area contributed by atoms with E-state index in [9.17, 15) is 14.4 Å². The summed E-state index contributed by atoms with van der Waals surface area (Å²) in [6.07, 6.45) is 0. The fourth-order valence-electron chi connectivity index (χ4n) is 3.97. The Morgan fingerprint density at radius 1 is 1.07 bits per heavy atom. The second-order valence-electron chi connectivity index (χ2n) is 7.73. The maximum absolute atomic E-state index is 13.2. The molecule has 1 aliphatic heterocycles. The highest BCUT2D eigenvalue weighted by atomic mass is 19.1. The molecule has 0 bridgehead atoms. The molecular formula is C24H23FN4O. The number of carbonyl (C=O) groups is 1. The third-order valence-electron chi connectivity index (χ3n) is 5.67. The first-order valence-corrected chi connectivity index (χ1v) is 10.0. The van der Waals surface area contributed by atoms with Gasteiger partial charge in [0.25, 0.3) is 5.91 Å². The van der Waals surface area contributed by atoms with E-state index in [1.54, 1.807) is 12.1 Å². The SMILES string of the molecule is Cc1ccc2nc(C)c(C(=O)N3CCN(C(C#N)c4ccc(F)cc4)CC3)cc2c1. The molecule has 3 aromatic rings. The molecule has 0 N–H and O–H groups in total. The average molecular weight is 402 g/mol. The number of hydrogen-bond donors (Lipinski definition) is 0. The van der Waals surface area contributed by atoms with Gasteiger partial charge < -0.3 is 4.90 Å². The molecule has 152 valence electrons. The van der Waals surface area contributed by atoms with Gasteiger partial charge in [-0.25, -0.2) is 4.39 Å². The zero-order valence-electron chi connectivity index (χ0n) is 17.1. The molecule has 2 heterocycles. The van der Waals surface area contributed by atoms with E-state index < -0.39 is 6.04 Å². The molecule has 1 saturated heterocycles. The van der Waals surface area contributed by atoms with E-state index in [4.69, 9.17) is 0 Å². The topological polar surface area (TPSA) is 60.2 Å². The van der Waals surface area contributed by atoms with Crippen LogP contribution in [0.15, 0.2) is 48.5 Å². The Labute approximate surface area is 175 Å². The van der Waals surface area contributed by atoms with Crippen LogP contribution in [-0.4, -0.2) is 46.9 Å². The molecule has 0 radical (unpaired) electrons. The van der Waals surface area contributed by atoms with Crippen LogP contribution in [-0.2, 0) is 0 Å². The molecule has 0 saturated carbocycles. The Balaban J connectivity index is 1.49. The van der Waals surface area contributed by atoms with Crippen LogP contribution in [0, 0.1) is 31.0 Å². The standard InChI is InChI=1S/C24H23FN4O/c1-16-3-8-22-19(13-16)14-21(17(2)27-22)24(30)29-11-9-28(10-12-29)23(15-26)18-4-6-20(25)7-5-18/h3-8,13-14,23H,9-12H2,1-2H3. The first kappa shape index (κ1) is 20.0. The van der Waals surface area contributed by atoms with Gasteiger partial charge in [-0.05, 0) is 49.7 Å². The summed E-state index contributed by atoms with van der Waals surface area (Å²) in [6, 6.07) is 15.8. The fraction of sp³-hybridized carbons (Fsp3) is 0.292. The van der Waals surface area contributed by atoms with E-state index >= 15 is 0 Å². The lowest BCUT2D eigenvalue weighted by Crippen LogP contribution is -2.49. The maximum atomic E-state index is 13.2. The number of amides is 1. The van der Waals surface area contributed by atoms with Crippen molar-refractivity contribution in [3.05, 3.63) is 76.7 Å². The van der Waals surface area contributed by atoms with Gasteiger partial charge in [0.15, 0.2) is 0 Å². The number of carbonyl (C=O) groups excluding carboxylic acids is 1. The highest BCUT2D eigenvalue weighted by molar-refractivity contribution is 5.98. The third kappa shape index (κ3) is 3.89. The number of fused-ring (bicyclic) bond motifs is 1. The lowest BCUT2D eigenvalue weighted by Gasteiger charge is -2.37. The molecule has 1 atom stereocenters. The number of hydrogen-bond acceptors (Lipinski definition) is 4. The van der Waals surface area contributed by atoms with E-state index in [0.29, 0.717) is 31.7 Å². The van der Waals surface area contributed by atoms with E-state index in [0.717, 1.165) is 27.7 Å². The van der Waals surface area contributed by atoms with Gasteiger partial charge in [-0.2, -0.15) is 5.26 Å². The zero-order valence-corrected chi connectivity index (χ0v) is 17.1. The van der Waals surface area contributed by atoms with Crippen molar-refractivity contribution in [2.75, 3.05) is 26.2 Å². The van der Waals surface area contributed by atoms with Crippen LogP contribution in [0.2, 0.25) is 0 Å². The second kappa shape index (κ2) is 8.21. The molecule has 5 nitrogen and oxygen atoms in total. The van der Waals surface area contributed by atoms with Gasteiger partial charge in [0.1, 0.15) is 11.9 Å². The number of aryl methyl sites for hydroxylation is 2. The Morgan fingerprint density at radius 2 is 1.77 bits per heavy atom. The van der Waals surface area contributed by atoms with E-state index in [1.807, 2.05) is 47.9 Å². The maximum Gasteiger partial charge on any atom is 0.255 e. The van der Waals surface area contributed by atoms with E-state index in [1.165, 1.54) is 12.1 Å². The predicted octanol–water partition coefficient (Wildman–Crippen LogP) is 4.01. The molecule has 1 aliphatic rings. The zero-order chi connectivity index (χ0) is 21.3. The molecule has 6 heteroatoms. The average Bonchev–Trinajstić information content (AvgIpc) is 2.75. The summed E-state index contributed by atoms with van der Waals surface area (Å²) < 4.78 is 13.2. The number of pyridine rings is 1. The highest BCUT2D eigenvalue weighted by Gasteiger charge is 2.28. The molecule has 2 aromatic carbocycles. The van der Waals surface area contributed by atoms with Gasteiger partial charge in [0, 0.05) is 31.6 Å². The van der Waals surface area contributed by atoms with Crippen molar-refractivity contribution < 1.29 is 9.18 Å². The summed E-state index contributed by atoms with van der Waals surface area (Å²) in [7, 11) is 0. The highest BCUT2D eigenvalue weighted by Crippen LogP contribution is 2.24. The van der Waals surface area contributed by atoms with Crippen LogP contribution >= 0.6 is 0 Å². The molecule has 1 unspecified atom stereocenters. The predicted molar refractivity (Wildman–Crippen MR) is 113 cm³/mol. The Kier molecular flexibility index (Phi) is 5.47. The normalized spacial score (nSPS) is 15.7. The number of benzene rings is 2. The van der Waals surface area contributed by atoms with Gasteiger partial charge in [0.05, 0.1) is 22.8 Å². The first-order valence-electron chi connectivity index (χ1n) is 10.0. The molecule has 1 aromatic heterocycles. The van der Waals surface area contributed by atoms with Gasteiger partial charge >= 0.3 is 0 Å². The van der Waals surface area contributed by atoms with Crippen LogP contribution in [0.25, 0.3) is 10.9 Å².